The number of aromatic nitrogens is 3. The quantitative estimate of drug-likeness (QED) is 0.431. The van der Waals surface area contributed by atoms with Gasteiger partial charge in [0.2, 0.25) is 5.91 Å². The van der Waals surface area contributed by atoms with E-state index < -0.39 is 4.92 Å². The predicted octanol–water partition coefficient (Wildman–Crippen LogP) is 4.38. The van der Waals surface area contributed by atoms with Gasteiger partial charge >= 0.3 is 0 Å². The molecule has 3 rings (SSSR count). The van der Waals surface area contributed by atoms with Crippen LogP contribution in [-0.4, -0.2) is 31.3 Å². The number of non-ortho nitro benzene ring substituents is 1. The zero-order valence-electron chi connectivity index (χ0n) is 14.9. The summed E-state index contributed by atoms with van der Waals surface area (Å²) < 4.78 is 2.12. The number of hydrogen-bond donors (Lipinski definition) is 1. The number of nitro benzene ring substituents is 1. The van der Waals surface area contributed by atoms with E-state index in [2.05, 4.69) is 20.1 Å². The molecule has 0 saturated heterocycles. The molecule has 1 heterocycles. The van der Waals surface area contributed by atoms with Crippen LogP contribution in [0.1, 0.15) is 44.0 Å². The Morgan fingerprint density at radius 1 is 1.37 bits per heavy atom. The number of hydrogen-bond acceptors (Lipinski definition) is 6. The standard InChI is InChI=1S/C17H20ClN5O3S/c1-11-20-21-17(22(11)12-5-3-2-4-6-12)27-10-16(24)19-15-9-13(23(25)26)7-8-14(15)18/h7-9,12H,2-6,10H2,1H3,(H,19,24). The number of nitrogens with one attached hydrogen (secondary N) is 1. The number of anilines is 1. The Bertz CT molecular complexity index is 851. The van der Waals surface area contributed by atoms with E-state index in [1.807, 2.05) is 6.92 Å². The zero-order valence-corrected chi connectivity index (χ0v) is 16.4. The van der Waals surface area contributed by atoms with E-state index in [0.717, 1.165) is 23.8 Å². The molecule has 1 fully saturated rings. The Balaban J connectivity index is 1.65. The van der Waals surface area contributed by atoms with Gasteiger partial charge in [-0.3, -0.25) is 14.9 Å². The minimum atomic E-state index is -0.532. The molecule has 144 valence electrons. The third-order valence-corrected chi connectivity index (χ3v) is 5.81. The fourth-order valence-electron chi connectivity index (χ4n) is 3.25. The lowest BCUT2D eigenvalue weighted by Gasteiger charge is -2.24. The first-order chi connectivity index (χ1) is 13.0. The molecule has 0 aliphatic heterocycles. The highest BCUT2D eigenvalue weighted by Crippen LogP contribution is 2.32. The number of rotatable bonds is 6. The van der Waals surface area contributed by atoms with E-state index in [4.69, 9.17) is 11.6 Å². The van der Waals surface area contributed by atoms with Crippen LogP contribution in [0, 0.1) is 17.0 Å². The molecule has 1 amide bonds. The summed E-state index contributed by atoms with van der Waals surface area (Å²) in [5.41, 5.74) is 0.0939. The number of amides is 1. The highest BCUT2D eigenvalue weighted by Gasteiger charge is 2.22. The van der Waals surface area contributed by atoms with Crippen molar-refractivity contribution in [2.24, 2.45) is 0 Å². The zero-order chi connectivity index (χ0) is 19.4. The van der Waals surface area contributed by atoms with Crippen molar-refractivity contribution in [1.29, 1.82) is 0 Å². The van der Waals surface area contributed by atoms with Gasteiger partial charge in [0.15, 0.2) is 5.16 Å². The number of halogens is 1. The molecule has 27 heavy (non-hydrogen) atoms. The van der Waals surface area contributed by atoms with Crippen molar-refractivity contribution >= 4 is 40.6 Å². The Labute approximate surface area is 165 Å². The van der Waals surface area contributed by atoms with Crippen molar-refractivity contribution in [2.45, 2.75) is 50.2 Å². The lowest BCUT2D eigenvalue weighted by Crippen LogP contribution is -2.17. The van der Waals surface area contributed by atoms with Crippen molar-refractivity contribution in [3.8, 4) is 0 Å². The minimum Gasteiger partial charge on any atom is -0.324 e. The largest absolute Gasteiger partial charge is 0.324 e. The van der Waals surface area contributed by atoms with Gasteiger partial charge in [-0.15, -0.1) is 10.2 Å². The lowest BCUT2D eigenvalue weighted by molar-refractivity contribution is -0.384. The average molecular weight is 410 g/mol. The van der Waals surface area contributed by atoms with Gasteiger partial charge < -0.3 is 9.88 Å². The van der Waals surface area contributed by atoms with Gasteiger partial charge in [-0.05, 0) is 25.8 Å². The van der Waals surface area contributed by atoms with E-state index >= 15 is 0 Å². The maximum atomic E-state index is 12.3. The summed E-state index contributed by atoms with van der Waals surface area (Å²) in [4.78, 5) is 22.6. The molecule has 1 N–H and O–H groups in total. The van der Waals surface area contributed by atoms with Gasteiger partial charge in [0.25, 0.3) is 5.69 Å². The molecule has 0 unspecified atom stereocenters. The third-order valence-electron chi connectivity index (χ3n) is 4.54. The number of nitrogens with zero attached hydrogens (tertiary/aromatic N) is 4. The van der Waals surface area contributed by atoms with Crippen LogP contribution in [0.3, 0.4) is 0 Å². The van der Waals surface area contributed by atoms with Crippen LogP contribution >= 0.6 is 23.4 Å². The monoisotopic (exact) mass is 409 g/mol. The number of aryl methyl sites for hydroxylation is 1. The Morgan fingerprint density at radius 3 is 2.81 bits per heavy atom. The molecule has 1 saturated carbocycles. The normalized spacial score (nSPS) is 14.9. The molecule has 8 nitrogen and oxygen atoms in total. The molecular formula is C17H20ClN5O3S. The Morgan fingerprint density at radius 2 is 2.11 bits per heavy atom. The van der Waals surface area contributed by atoms with Gasteiger partial charge in [0, 0.05) is 18.2 Å². The maximum absolute atomic E-state index is 12.3. The highest BCUT2D eigenvalue weighted by molar-refractivity contribution is 7.99. The second-order valence-corrected chi connectivity index (χ2v) is 7.80. The van der Waals surface area contributed by atoms with Crippen LogP contribution in [0.5, 0.6) is 0 Å². The van der Waals surface area contributed by atoms with E-state index in [1.165, 1.54) is 49.2 Å². The number of nitro groups is 1. The van der Waals surface area contributed by atoms with E-state index in [0.29, 0.717) is 6.04 Å². The molecule has 1 aliphatic carbocycles. The number of benzene rings is 1. The van der Waals surface area contributed by atoms with Crippen molar-refractivity contribution < 1.29 is 9.72 Å². The molecule has 0 radical (unpaired) electrons. The lowest BCUT2D eigenvalue weighted by atomic mass is 9.95. The van der Waals surface area contributed by atoms with Gasteiger partial charge in [-0.2, -0.15) is 0 Å². The van der Waals surface area contributed by atoms with Crippen LogP contribution in [0.25, 0.3) is 0 Å². The molecule has 1 aromatic carbocycles. The molecule has 1 aromatic heterocycles. The molecule has 2 aromatic rings. The summed E-state index contributed by atoms with van der Waals surface area (Å²) in [5.74, 6) is 0.661. The van der Waals surface area contributed by atoms with E-state index in [9.17, 15) is 14.9 Å². The summed E-state index contributed by atoms with van der Waals surface area (Å²) in [5, 5.41) is 22.8. The molecule has 1 aliphatic rings. The van der Waals surface area contributed by atoms with Crippen molar-refractivity contribution in [1.82, 2.24) is 14.8 Å². The predicted molar refractivity (Wildman–Crippen MR) is 104 cm³/mol. The van der Waals surface area contributed by atoms with Crippen molar-refractivity contribution in [2.75, 3.05) is 11.1 Å². The first-order valence-corrected chi connectivity index (χ1v) is 10.1. The summed E-state index contributed by atoms with van der Waals surface area (Å²) in [7, 11) is 0. The SMILES string of the molecule is Cc1nnc(SCC(=O)Nc2cc([N+](=O)[O-])ccc2Cl)n1C1CCCCC1. The molecular weight excluding hydrogens is 390 g/mol. The molecule has 10 heteroatoms. The van der Waals surface area contributed by atoms with Crippen LogP contribution in [0.15, 0.2) is 23.4 Å². The second-order valence-electron chi connectivity index (χ2n) is 6.45. The van der Waals surface area contributed by atoms with Gasteiger partial charge in [0.05, 0.1) is 21.4 Å². The van der Waals surface area contributed by atoms with Gasteiger partial charge in [0.1, 0.15) is 5.82 Å². The number of thioether (sulfide) groups is 1. The first kappa shape index (κ1) is 19.6. The number of carbonyl (C=O) groups excluding carboxylic acids is 1. The maximum Gasteiger partial charge on any atom is 0.271 e. The van der Waals surface area contributed by atoms with Crippen molar-refractivity contribution in [3.63, 3.8) is 0 Å². The molecule has 0 atom stereocenters. The molecule has 0 bridgehead atoms. The fraction of sp³-hybridized carbons (Fsp3) is 0.471. The van der Waals surface area contributed by atoms with Gasteiger partial charge in [-0.25, -0.2) is 0 Å². The van der Waals surface area contributed by atoms with Crippen LogP contribution in [0.4, 0.5) is 11.4 Å². The van der Waals surface area contributed by atoms with Crippen molar-refractivity contribution in [3.05, 3.63) is 39.2 Å². The second kappa shape index (κ2) is 8.71. The fourth-order valence-corrected chi connectivity index (χ4v) is 4.26. The third kappa shape index (κ3) is 4.78. The minimum absolute atomic E-state index is 0.115. The first-order valence-electron chi connectivity index (χ1n) is 8.74. The van der Waals surface area contributed by atoms with E-state index in [-0.39, 0.29) is 28.1 Å². The smallest absolute Gasteiger partial charge is 0.271 e. The topological polar surface area (TPSA) is 103 Å². The highest BCUT2D eigenvalue weighted by atomic mass is 35.5. The summed E-state index contributed by atoms with van der Waals surface area (Å²) in [6.07, 6.45) is 5.84. The summed E-state index contributed by atoms with van der Waals surface area (Å²) in [6.45, 7) is 1.93. The van der Waals surface area contributed by atoms with Crippen LogP contribution in [-0.2, 0) is 4.79 Å². The van der Waals surface area contributed by atoms with Crippen LogP contribution < -0.4 is 5.32 Å². The van der Waals surface area contributed by atoms with Crippen LogP contribution in [0.2, 0.25) is 5.02 Å². The average Bonchev–Trinajstić information content (AvgIpc) is 3.03. The van der Waals surface area contributed by atoms with E-state index in [1.54, 1.807) is 0 Å². The Hall–Kier alpha value is -2.13. The Kier molecular flexibility index (Phi) is 6.33. The summed E-state index contributed by atoms with van der Waals surface area (Å²) in [6, 6.07) is 4.32. The summed E-state index contributed by atoms with van der Waals surface area (Å²) >= 11 is 7.33. The van der Waals surface area contributed by atoms with Gasteiger partial charge in [-0.1, -0.05) is 42.6 Å². The number of carbonyl (C=O) groups is 1. The molecule has 0 spiro atoms.